The number of phenols is 1. The number of aromatic hydroxyl groups is 1. The summed E-state index contributed by atoms with van der Waals surface area (Å²) in [5.41, 5.74) is 4.70. The number of β-amino-alcohol motifs (C(OH)–C–C–N with tert-alkyl or cyclic N) is 1. The number of fused-ring (bicyclic) bond motifs is 2. The minimum absolute atomic E-state index is 0.0144. The van der Waals surface area contributed by atoms with E-state index < -0.39 is 54.2 Å². The SMILES string of the molecule is CC(CC=Cc1ccccc1CCCNC1CCCC1)C1CNCC2(O)C(Oc3ccc4c(c3)OC(C(N)=O)C(c3ccc(O)cc3)=C4O)OC(C(=O)O)C(O)C2(C=O)OCSSCC1C1=CCN=C1. The molecular weight excluding hydrogens is 937 g/mol. The van der Waals surface area contributed by atoms with Gasteiger partial charge in [0, 0.05) is 30.6 Å². The minimum atomic E-state index is -2.59. The Hall–Kier alpha value is -5.18. The number of hydrogen-bond donors (Lipinski definition) is 8. The summed E-state index contributed by atoms with van der Waals surface area (Å²) in [4.78, 5) is 43.4. The van der Waals surface area contributed by atoms with Gasteiger partial charge in [0.25, 0.3) is 5.91 Å². The van der Waals surface area contributed by atoms with Crippen molar-refractivity contribution in [1.29, 1.82) is 0 Å². The highest BCUT2D eigenvalue weighted by Crippen LogP contribution is 2.46. The topological polar surface area (TPSA) is 252 Å². The van der Waals surface area contributed by atoms with Gasteiger partial charge in [0.05, 0.1) is 17.7 Å². The molecule has 0 bridgehead atoms. The zero-order chi connectivity index (χ0) is 49.4. The number of rotatable bonds is 16. The van der Waals surface area contributed by atoms with Crippen LogP contribution in [-0.4, -0.2) is 130 Å². The largest absolute Gasteiger partial charge is 0.508 e. The van der Waals surface area contributed by atoms with Gasteiger partial charge in [-0.2, -0.15) is 0 Å². The normalized spacial score (nSPS) is 29.0. The number of carbonyl (C=O) groups is 3. The van der Waals surface area contributed by atoms with Crippen LogP contribution in [0.1, 0.15) is 67.7 Å². The molecule has 5 aliphatic rings. The maximum Gasteiger partial charge on any atom is 0.335 e. The Morgan fingerprint density at radius 2 is 1.87 bits per heavy atom. The van der Waals surface area contributed by atoms with E-state index in [2.05, 4.69) is 65.0 Å². The van der Waals surface area contributed by atoms with Crippen LogP contribution in [0.25, 0.3) is 17.4 Å². The number of aryl methyl sites for hydroxylation is 1. The molecule has 0 radical (unpaired) electrons. The van der Waals surface area contributed by atoms with Crippen LogP contribution in [0, 0.1) is 17.8 Å². The van der Waals surface area contributed by atoms with Gasteiger partial charge in [-0.25, -0.2) is 4.79 Å². The number of ether oxygens (including phenoxy) is 4. The lowest BCUT2D eigenvalue weighted by molar-refractivity contribution is -0.340. The van der Waals surface area contributed by atoms with Crippen LogP contribution in [0.3, 0.4) is 0 Å². The molecule has 0 spiro atoms. The number of aldehydes is 1. The predicted molar refractivity (Wildman–Crippen MR) is 269 cm³/mol. The number of nitrogens with two attached hydrogens (primary N) is 1. The van der Waals surface area contributed by atoms with Gasteiger partial charge in [-0.1, -0.05) is 96.0 Å². The lowest BCUT2D eigenvalue weighted by atomic mass is 9.73. The van der Waals surface area contributed by atoms with Crippen molar-refractivity contribution in [3.05, 3.63) is 107 Å². The zero-order valence-electron chi connectivity index (χ0n) is 39.0. The number of primary amides is 1. The van der Waals surface area contributed by atoms with Crippen molar-refractivity contribution in [2.45, 2.75) is 93.7 Å². The van der Waals surface area contributed by atoms with Crippen molar-refractivity contribution < 1.29 is 58.9 Å². The summed E-state index contributed by atoms with van der Waals surface area (Å²) >= 11 is 0. The third kappa shape index (κ3) is 11.0. The van der Waals surface area contributed by atoms with Crippen LogP contribution in [0.4, 0.5) is 0 Å². The third-order valence-electron chi connectivity index (χ3n) is 14.2. The van der Waals surface area contributed by atoms with Crippen molar-refractivity contribution in [1.82, 2.24) is 10.6 Å². The number of aliphatic hydroxyl groups excluding tert-OH is 2. The summed E-state index contributed by atoms with van der Waals surface area (Å²) < 4.78 is 24.3. The molecule has 1 aliphatic carbocycles. The van der Waals surface area contributed by atoms with E-state index in [0.29, 0.717) is 30.4 Å². The van der Waals surface area contributed by atoms with E-state index in [1.165, 1.54) is 101 Å². The fraction of sp³-hybridized carbons (Fsp3) is 0.462. The Balaban J connectivity index is 1.06. The van der Waals surface area contributed by atoms with Crippen LogP contribution in [-0.2, 0) is 30.3 Å². The Kier molecular flexibility index (Phi) is 16.8. The Bertz CT molecular complexity index is 2480. The van der Waals surface area contributed by atoms with Crippen molar-refractivity contribution in [3.63, 3.8) is 0 Å². The van der Waals surface area contributed by atoms with Gasteiger partial charge in [-0.15, -0.1) is 0 Å². The molecule has 2 saturated heterocycles. The maximum absolute atomic E-state index is 13.5. The van der Waals surface area contributed by atoms with Crippen LogP contribution < -0.4 is 25.8 Å². The Morgan fingerprint density at radius 3 is 2.60 bits per heavy atom. The van der Waals surface area contributed by atoms with Crippen LogP contribution in [0.5, 0.6) is 17.2 Å². The molecule has 9 N–H and O–H groups in total. The average molecular weight is 999 g/mol. The molecule has 3 aromatic rings. The fourth-order valence-electron chi connectivity index (χ4n) is 10.3. The van der Waals surface area contributed by atoms with Crippen LogP contribution >= 0.6 is 21.6 Å². The second kappa shape index (κ2) is 22.9. The van der Waals surface area contributed by atoms with Gasteiger partial charge in [0.15, 0.2) is 23.6 Å². The highest BCUT2D eigenvalue weighted by Gasteiger charge is 2.69. The number of aliphatic imine (C=N–C) groups is 1. The molecule has 16 nitrogen and oxygen atoms in total. The van der Waals surface area contributed by atoms with E-state index >= 15 is 0 Å². The molecule has 18 heteroatoms. The summed E-state index contributed by atoms with van der Waals surface area (Å²) in [5.74, 6) is -2.64. The van der Waals surface area contributed by atoms with E-state index in [1.807, 2.05) is 6.21 Å². The number of aliphatic carboxylic acids is 1. The number of nitrogens with zero attached hydrogens (tertiary/aromatic N) is 1. The molecule has 4 heterocycles. The molecule has 1 amide bonds. The number of phenolic OH excluding ortho intramolecular Hbond substituents is 1. The monoisotopic (exact) mass is 998 g/mol. The molecule has 9 unspecified atom stereocenters. The molecule has 70 heavy (non-hydrogen) atoms. The van der Waals surface area contributed by atoms with E-state index in [1.54, 1.807) is 0 Å². The van der Waals surface area contributed by atoms with Gasteiger partial charge < -0.3 is 60.8 Å². The number of hydrogen-bond acceptors (Lipinski definition) is 16. The smallest absolute Gasteiger partial charge is 0.335 e. The standard InChI is InChI=1S/C52H62N4O12S2/c1-31(8-6-11-32-9-2-3-10-33(32)12-7-22-56-36-13-4-5-14-36)40-26-55-28-51(64)50(68-46(49(62)63)47(60)52(51,29-57)65-30-70-69-27-41(40)35-21-23-54-25-35)66-38-19-20-39-42(24-38)67-45(48(53)61)43(44(39)59)34-15-17-37(58)18-16-34/h2-3,6,9-11,15-21,24-25,29,31,36,40-41,45-47,50,55-56,58-60,64H,4-5,7-8,12-14,22-23,26-28,30H2,1H3,(H2,53,61)(H,62,63). The van der Waals surface area contributed by atoms with Gasteiger partial charge >= 0.3 is 5.97 Å². The van der Waals surface area contributed by atoms with Crippen molar-refractivity contribution >= 4 is 63.4 Å². The first-order valence-electron chi connectivity index (χ1n) is 23.8. The number of aliphatic hydroxyl groups is 3. The van der Waals surface area contributed by atoms with Crippen molar-refractivity contribution in [2.75, 3.05) is 37.9 Å². The second-order valence-corrected chi connectivity index (χ2v) is 21.1. The Morgan fingerprint density at radius 1 is 1.09 bits per heavy atom. The summed E-state index contributed by atoms with van der Waals surface area (Å²) in [6, 6.07) is 19.0. The number of carboxylic acid groups (broad SMARTS) is 1. The number of nitrogens with one attached hydrogen (secondary N) is 2. The maximum atomic E-state index is 13.5. The molecular formula is C52H62N4O12S2. The van der Waals surface area contributed by atoms with E-state index in [4.69, 9.17) is 24.7 Å². The summed E-state index contributed by atoms with van der Waals surface area (Å²) in [6.45, 7) is 3.59. The second-order valence-electron chi connectivity index (χ2n) is 18.6. The first-order chi connectivity index (χ1) is 33.8. The quantitative estimate of drug-likeness (QED) is 0.0488. The molecule has 9 atom stereocenters. The molecule has 8 rings (SSSR count). The molecule has 4 aliphatic heterocycles. The molecule has 3 aromatic carbocycles. The van der Waals surface area contributed by atoms with Crippen LogP contribution in [0.2, 0.25) is 0 Å². The lowest BCUT2D eigenvalue weighted by Gasteiger charge is -2.53. The first kappa shape index (κ1) is 51.2. The summed E-state index contributed by atoms with van der Waals surface area (Å²) in [7, 11) is 2.75. The minimum Gasteiger partial charge on any atom is -0.508 e. The van der Waals surface area contributed by atoms with Crippen molar-refractivity contribution in [3.8, 4) is 17.2 Å². The van der Waals surface area contributed by atoms with Gasteiger partial charge in [-0.05, 0) is 109 Å². The van der Waals surface area contributed by atoms with E-state index in [-0.39, 0.29) is 64.1 Å². The summed E-state index contributed by atoms with van der Waals surface area (Å²) in [6.07, 6.45) is 8.80. The first-order valence-corrected chi connectivity index (χ1v) is 26.3. The number of benzene rings is 3. The lowest BCUT2D eigenvalue weighted by Crippen LogP contribution is -2.80. The number of amides is 1. The van der Waals surface area contributed by atoms with Gasteiger partial charge in [0.2, 0.25) is 12.4 Å². The highest BCUT2D eigenvalue weighted by atomic mass is 33.1. The molecule has 0 aromatic heterocycles. The number of carboxylic acids is 1. The predicted octanol–water partition coefficient (Wildman–Crippen LogP) is 5.69. The highest BCUT2D eigenvalue weighted by molar-refractivity contribution is 8.76. The Labute approximate surface area is 415 Å². The zero-order valence-corrected chi connectivity index (χ0v) is 40.6. The molecule has 374 valence electrons. The fourth-order valence-corrected chi connectivity index (χ4v) is 12.3. The molecule has 1 saturated carbocycles. The molecule has 3 fully saturated rings. The van der Waals surface area contributed by atoms with Crippen molar-refractivity contribution in [2.24, 2.45) is 28.5 Å². The number of allylic oxidation sites excluding steroid dienone is 2. The van der Waals surface area contributed by atoms with Gasteiger partial charge in [-0.3, -0.25) is 14.6 Å². The van der Waals surface area contributed by atoms with Gasteiger partial charge in [0.1, 0.15) is 35.1 Å². The third-order valence-corrected chi connectivity index (χ3v) is 16.3. The average Bonchev–Trinajstić information content (AvgIpc) is 4.09. The van der Waals surface area contributed by atoms with E-state index in [0.717, 1.165) is 31.4 Å². The van der Waals surface area contributed by atoms with E-state index in [9.17, 15) is 39.9 Å². The van der Waals surface area contributed by atoms with Crippen LogP contribution in [0.15, 0.2) is 89.4 Å². The number of carbonyl (C=O) groups excluding carboxylic acids is 2. The summed E-state index contributed by atoms with van der Waals surface area (Å²) in [5, 5.41) is 63.4.